The lowest BCUT2D eigenvalue weighted by molar-refractivity contribution is -0.185. The van der Waals surface area contributed by atoms with Crippen LogP contribution in [0.5, 0.6) is 0 Å². The molecule has 0 amide bonds. The maximum atomic E-state index is 13.2. The van der Waals surface area contributed by atoms with Crippen molar-refractivity contribution >= 4 is 5.97 Å². The van der Waals surface area contributed by atoms with Gasteiger partial charge in [-0.1, -0.05) is 60.8 Å². The number of ether oxygens (including phenoxy) is 1. The number of carbonyl (C=O) groups excluding carboxylic acids is 1. The van der Waals surface area contributed by atoms with Gasteiger partial charge < -0.3 is 4.74 Å². The third kappa shape index (κ3) is 4.73. The van der Waals surface area contributed by atoms with Crippen LogP contribution in [0.3, 0.4) is 0 Å². The Morgan fingerprint density at radius 2 is 1.57 bits per heavy atom. The van der Waals surface area contributed by atoms with Crippen molar-refractivity contribution in [3.63, 3.8) is 0 Å². The molecule has 1 aliphatic rings. The zero-order valence-electron chi connectivity index (χ0n) is 16.7. The molecule has 1 rings (SSSR count). The molecule has 0 bridgehead atoms. The van der Waals surface area contributed by atoms with Crippen molar-refractivity contribution in [2.45, 2.75) is 105 Å². The summed E-state index contributed by atoms with van der Waals surface area (Å²) in [7, 11) is 0. The molecule has 0 N–H and O–H groups in total. The number of rotatable bonds is 8. The van der Waals surface area contributed by atoms with E-state index >= 15 is 0 Å². The van der Waals surface area contributed by atoms with Gasteiger partial charge in [0, 0.05) is 0 Å². The van der Waals surface area contributed by atoms with Crippen LogP contribution in [0.1, 0.15) is 99.8 Å². The molecule has 23 heavy (non-hydrogen) atoms. The molecule has 1 unspecified atom stereocenters. The Hall–Kier alpha value is -0.530. The lowest BCUT2D eigenvalue weighted by atomic mass is 9.71. The summed E-state index contributed by atoms with van der Waals surface area (Å²) in [5, 5.41) is 0. The summed E-state index contributed by atoms with van der Waals surface area (Å²) >= 11 is 0. The summed E-state index contributed by atoms with van der Waals surface area (Å²) in [6, 6.07) is 0. The standard InChI is InChI=1S/C21H40O2/c1-8-21(9-2,18-13-11-10-12-14-18)23-19(22)20(7,17(5)6)15-16(3)4/h16-18H,8-15H2,1-7H3. The Labute approximate surface area is 144 Å². The predicted molar refractivity (Wildman–Crippen MR) is 98.4 cm³/mol. The van der Waals surface area contributed by atoms with E-state index in [1.54, 1.807) is 0 Å². The Balaban J connectivity index is 2.99. The van der Waals surface area contributed by atoms with Crippen molar-refractivity contribution in [1.82, 2.24) is 0 Å². The molecule has 136 valence electrons. The minimum absolute atomic E-state index is 0.0375. The van der Waals surface area contributed by atoms with E-state index in [-0.39, 0.29) is 17.0 Å². The smallest absolute Gasteiger partial charge is 0.312 e. The molecule has 1 aliphatic carbocycles. The van der Waals surface area contributed by atoms with Gasteiger partial charge in [-0.05, 0) is 56.8 Å². The van der Waals surface area contributed by atoms with E-state index in [1.165, 1.54) is 32.1 Å². The fraction of sp³-hybridized carbons (Fsp3) is 0.952. The van der Waals surface area contributed by atoms with Crippen LogP contribution in [0.15, 0.2) is 0 Å². The zero-order valence-corrected chi connectivity index (χ0v) is 16.7. The van der Waals surface area contributed by atoms with Gasteiger partial charge in [0.1, 0.15) is 5.60 Å². The lowest BCUT2D eigenvalue weighted by Gasteiger charge is -2.44. The second-order valence-corrected chi connectivity index (χ2v) is 8.67. The minimum atomic E-state index is -0.377. The molecule has 0 aromatic carbocycles. The van der Waals surface area contributed by atoms with Crippen molar-refractivity contribution in [1.29, 1.82) is 0 Å². The summed E-state index contributed by atoms with van der Waals surface area (Å²) in [5.41, 5.74) is -0.622. The first-order valence-corrected chi connectivity index (χ1v) is 9.95. The second-order valence-electron chi connectivity index (χ2n) is 8.67. The second kappa shape index (κ2) is 8.53. The summed E-state index contributed by atoms with van der Waals surface area (Å²) in [6.45, 7) is 15.2. The molecule has 0 aliphatic heterocycles. The van der Waals surface area contributed by atoms with Crippen molar-refractivity contribution in [2.24, 2.45) is 23.2 Å². The van der Waals surface area contributed by atoms with Crippen LogP contribution < -0.4 is 0 Å². The highest BCUT2D eigenvalue weighted by atomic mass is 16.6. The lowest BCUT2D eigenvalue weighted by Crippen LogP contribution is -2.47. The molecule has 0 heterocycles. The molecule has 0 saturated heterocycles. The molecule has 0 radical (unpaired) electrons. The number of carbonyl (C=O) groups is 1. The molecule has 0 aromatic rings. The molecule has 0 spiro atoms. The van der Waals surface area contributed by atoms with Crippen LogP contribution in [-0.2, 0) is 9.53 Å². The van der Waals surface area contributed by atoms with Crippen molar-refractivity contribution < 1.29 is 9.53 Å². The van der Waals surface area contributed by atoms with Crippen LogP contribution >= 0.6 is 0 Å². The van der Waals surface area contributed by atoms with Crippen LogP contribution in [0.2, 0.25) is 0 Å². The van der Waals surface area contributed by atoms with Crippen molar-refractivity contribution in [3.8, 4) is 0 Å². The number of hydrogen-bond donors (Lipinski definition) is 0. The third-order valence-corrected chi connectivity index (χ3v) is 6.41. The molecule has 2 heteroatoms. The van der Waals surface area contributed by atoms with Crippen molar-refractivity contribution in [3.05, 3.63) is 0 Å². The van der Waals surface area contributed by atoms with Crippen LogP contribution in [0, 0.1) is 23.2 Å². The topological polar surface area (TPSA) is 26.3 Å². The van der Waals surface area contributed by atoms with Gasteiger partial charge in [0.2, 0.25) is 0 Å². The van der Waals surface area contributed by atoms with Crippen LogP contribution in [-0.4, -0.2) is 11.6 Å². The van der Waals surface area contributed by atoms with Gasteiger partial charge in [-0.3, -0.25) is 4.79 Å². The molecule has 2 nitrogen and oxygen atoms in total. The summed E-state index contributed by atoms with van der Waals surface area (Å²) in [5.74, 6) is 1.39. The third-order valence-electron chi connectivity index (χ3n) is 6.41. The quantitative estimate of drug-likeness (QED) is 0.484. The summed E-state index contributed by atoms with van der Waals surface area (Å²) in [6.07, 6.45) is 9.14. The molecule has 0 aromatic heterocycles. The maximum absolute atomic E-state index is 13.2. The highest BCUT2D eigenvalue weighted by Crippen LogP contribution is 2.43. The molecular weight excluding hydrogens is 284 g/mol. The largest absolute Gasteiger partial charge is 0.458 e. The Morgan fingerprint density at radius 3 is 1.96 bits per heavy atom. The van der Waals surface area contributed by atoms with Gasteiger partial charge in [-0.2, -0.15) is 0 Å². The average molecular weight is 325 g/mol. The van der Waals surface area contributed by atoms with E-state index in [0.717, 1.165) is 19.3 Å². The SMILES string of the molecule is CCC(CC)(OC(=O)C(C)(CC(C)C)C(C)C)C1CCCCC1. The summed E-state index contributed by atoms with van der Waals surface area (Å²) in [4.78, 5) is 13.2. The Kier molecular flexibility index (Phi) is 7.61. The van der Waals surface area contributed by atoms with Crippen LogP contribution in [0.4, 0.5) is 0 Å². The van der Waals surface area contributed by atoms with E-state index < -0.39 is 0 Å². The first-order valence-electron chi connectivity index (χ1n) is 9.95. The maximum Gasteiger partial charge on any atom is 0.312 e. The molecular formula is C21H40O2. The van der Waals surface area contributed by atoms with Gasteiger partial charge >= 0.3 is 5.97 Å². The number of esters is 1. The van der Waals surface area contributed by atoms with Gasteiger partial charge in [0.05, 0.1) is 5.41 Å². The first kappa shape index (κ1) is 20.5. The van der Waals surface area contributed by atoms with E-state index in [9.17, 15) is 4.79 Å². The fourth-order valence-corrected chi connectivity index (χ4v) is 4.39. The van der Waals surface area contributed by atoms with Crippen molar-refractivity contribution in [2.75, 3.05) is 0 Å². The normalized spacial score (nSPS) is 19.9. The van der Waals surface area contributed by atoms with Gasteiger partial charge in [-0.15, -0.1) is 0 Å². The average Bonchev–Trinajstić information content (AvgIpc) is 2.52. The van der Waals surface area contributed by atoms with Gasteiger partial charge in [0.25, 0.3) is 0 Å². The van der Waals surface area contributed by atoms with Gasteiger partial charge in [-0.25, -0.2) is 0 Å². The zero-order chi connectivity index (χ0) is 17.7. The molecule has 1 saturated carbocycles. The highest BCUT2D eigenvalue weighted by molar-refractivity contribution is 5.77. The highest BCUT2D eigenvalue weighted by Gasteiger charge is 2.45. The predicted octanol–water partition coefficient (Wildman–Crippen LogP) is 6.38. The minimum Gasteiger partial charge on any atom is -0.458 e. The van der Waals surface area contributed by atoms with E-state index in [0.29, 0.717) is 17.8 Å². The molecule has 1 atom stereocenters. The van der Waals surface area contributed by atoms with Gasteiger partial charge in [0.15, 0.2) is 0 Å². The Bertz CT molecular complexity index is 362. The Morgan fingerprint density at radius 1 is 1.04 bits per heavy atom. The monoisotopic (exact) mass is 324 g/mol. The van der Waals surface area contributed by atoms with E-state index in [4.69, 9.17) is 4.74 Å². The first-order chi connectivity index (χ1) is 10.7. The van der Waals surface area contributed by atoms with E-state index in [1.807, 2.05) is 0 Å². The number of hydrogen-bond acceptors (Lipinski definition) is 2. The van der Waals surface area contributed by atoms with E-state index in [2.05, 4.69) is 48.5 Å². The fourth-order valence-electron chi connectivity index (χ4n) is 4.39. The van der Waals surface area contributed by atoms with Crippen LogP contribution in [0.25, 0.3) is 0 Å². The molecule has 1 fully saturated rings. The summed E-state index contributed by atoms with van der Waals surface area (Å²) < 4.78 is 6.36.